The molecule has 1 aliphatic rings. The first-order valence-corrected chi connectivity index (χ1v) is 8.51. The molecule has 2 atom stereocenters. The quantitative estimate of drug-likeness (QED) is 0.783. The van der Waals surface area contributed by atoms with Crippen molar-refractivity contribution in [2.24, 2.45) is 11.8 Å². The number of amides is 3. The van der Waals surface area contributed by atoms with Crippen molar-refractivity contribution < 1.29 is 14.4 Å². The molecule has 0 aromatic heterocycles. The lowest BCUT2D eigenvalue weighted by molar-refractivity contribution is -0.146. The molecule has 0 bridgehead atoms. The van der Waals surface area contributed by atoms with E-state index in [4.69, 9.17) is 0 Å². The zero-order chi connectivity index (χ0) is 17.7. The monoisotopic (exact) mass is 322 g/mol. The van der Waals surface area contributed by atoms with Gasteiger partial charge in [0, 0.05) is 12.5 Å². The Morgan fingerprint density at radius 3 is 2.30 bits per heavy atom. The van der Waals surface area contributed by atoms with Gasteiger partial charge in [0.1, 0.15) is 6.04 Å². The van der Waals surface area contributed by atoms with E-state index in [-0.39, 0.29) is 29.7 Å². The van der Waals surface area contributed by atoms with Gasteiger partial charge in [0.2, 0.25) is 5.91 Å². The van der Waals surface area contributed by atoms with Crippen molar-refractivity contribution >= 4 is 17.7 Å². The summed E-state index contributed by atoms with van der Waals surface area (Å²) < 4.78 is 0. The molecule has 23 heavy (non-hydrogen) atoms. The van der Waals surface area contributed by atoms with Crippen LogP contribution in [0.2, 0.25) is 0 Å². The van der Waals surface area contributed by atoms with Crippen LogP contribution in [-0.2, 0) is 14.4 Å². The third-order valence-corrected chi connectivity index (χ3v) is 4.02. The van der Waals surface area contributed by atoms with Crippen LogP contribution in [0.15, 0.2) is 11.6 Å². The Balaban J connectivity index is 2.99. The molecule has 0 radical (unpaired) electrons. The number of carbonyl (C=O) groups excluding carboxylic acids is 3. The number of nitrogens with one attached hydrogen (secondary N) is 1. The molecule has 0 saturated heterocycles. The Kier molecular flexibility index (Phi) is 6.98. The summed E-state index contributed by atoms with van der Waals surface area (Å²) in [5, 5.41) is 2.78. The fourth-order valence-corrected chi connectivity index (χ4v) is 2.87. The van der Waals surface area contributed by atoms with E-state index in [2.05, 4.69) is 19.2 Å². The van der Waals surface area contributed by atoms with Gasteiger partial charge in [0.15, 0.2) is 0 Å². The molecule has 130 valence electrons. The topological polar surface area (TPSA) is 66.5 Å². The van der Waals surface area contributed by atoms with Crippen LogP contribution in [0.1, 0.15) is 60.8 Å². The largest absolute Gasteiger partial charge is 0.344 e. The van der Waals surface area contributed by atoms with Crippen LogP contribution in [0.4, 0.5) is 0 Å². The highest BCUT2D eigenvalue weighted by atomic mass is 16.2. The summed E-state index contributed by atoms with van der Waals surface area (Å²) in [7, 11) is 0. The van der Waals surface area contributed by atoms with E-state index in [1.807, 2.05) is 20.8 Å². The number of carbonyl (C=O) groups is 3. The molecule has 0 saturated carbocycles. The minimum atomic E-state index is -0.639. The van der Waals surface area contributed by atoms with Gasteiger partial charge < -0.3 is 5.32 Å². The van der Waals surface area contributed by atoms with E-state index >= 15 is 0 Å². The van der Waals surface area contributed by atoms with Gasteiger partial charge in [-0.15, -0.1) is 0 Å². The summed E-state index contributed by atoms with van der Waals surface area (Å²) in [5.74, 6) is -0.0996. The molecule has 0 unspecified atom stereocenters. The summed E-state index contributed by atoms with van der Waals surface area (Å²) >= 11 is 0. The number of hydrogen-bond acceptors (Lipinski definition) is 3. The van der Waals surface area contributed by atoms with Crippen LogP contribution in [0.3, 0.4) is 0 Å². The maximum atomic E-state index is 12.9. The average Bonchev–Trinajstić information content (AvgIpc) is 2.70. The van der Waals surface area contributed by atoms with Crippen LogP contribution in [0.25, 0.3) is 0 Å². The van der Waals surface area contributed by atoms with Gasteiger partial charge in [-0.05, 0) is 37.2 Å². The smallest absolute Gasteiger partial charge is 0.253 e. The highest BCUT2D eigenvalue weighted by Gasteiger charge is 2.39. The van der Waals surface area contributed by atoms with E-state index in [0.717, 1.165) is 12.0 Å². The van der Waals surface area contributed by atoms with Gasteiger partial charge >= 0.3 is 0 Å². The van der Waals surface area contributed by atoms with E-state index in [1.54, 1.807) is 13.0 Å². The van der Waals surface area contributed by atoms with Gasteiger partial charge in [-0.3, -0.25) is 19.3 Å². The normalized spacial score (nSPS) is 19.3. The van der Waals surface area contributed by atoms with Gasteiger partial charge in [-0.2, -0.15) is 0 Å². The molecular weight excluding hydrogens is 292 g/mol. The maximum Gasteiger partial charge on any atom is 0.253 e. The predicted octanol–water partition coefficient (Wildman–Crippen LogP) is 2.66. The molecule has 1 N–H and O–H groups in total. The SMILES string of the molecule is CCC(=O)N[C@H](CC(C)C)C(=O)N1C(=O)C=C(C)[C@@H]1CC(C)C. The number of rotatable bonds is 7. The van der Waals surface area contributed by atoms with Crippen molar-refractivity contribution in [2.45, 2.75) is 72.9 Å². The predicted molar refractivity (Wildman–Crippen MR) is 90.5 cm³/mol. The lowest BCUT2D eigenvalue weighted by Crippen LogP contribution is -2.52. The second kappa shape index (κ2) is 8.27. The first kappa shape index (κ1) is 19.4. The molecule has 5 heteroatoms. The van der Waals surface area contributed by atoms with Crippen LogP contribution in [0.5, 0.6) is 0 Å². The third-order valence-electron chi connectivity index (χ3n) is 4.02. The standard InChI is InChI=1S/C18H30N2O3/c1-7-16(21)19-14(8-11(2)3)18(23)20-15(9-12(4)5)13(6)10-17(20)22/h10-12,14-15H,7-9H2,1-6H3,(H,19,21)/t14-,15+/m1/s1. The second-order valence-corrected chi connectivity index (χ2v) is 7.18. The summed E-state index contributed by atoms with van der Waals surface area (Å²) in [4.78, 5) is 38.3. The molecule has 0 aliphatic carbocycles. The highest BCUT2D eigenvalue weighted by Crippen LogP contribution is 2.26. The van der Waals surface area contributed by atoms with Gasteiger partial charge in [0.25, 0.3) is 11.8 Å². The van der Waals surface area contributed by atoms with Crippen molar-refractivity contribution in [2.75, 3.05) is 0 Å². The van der Waals surface area contributed by atoms with E-state index in [9.17, 15) is 14.4 Å². The van der Waals surface area contributed by atoms with Crippen molar-refractivity contribution in [1.82, 2.24) is 10.2 Å². The fraction of sp³-hybridized carbons (Fsp3) is 0.722. The van der Waals surface area contributed by atoms with Gasteiger partial charge in [-0.25, -0.2) is 0 Å². The summed E-state index contributed by atoms with van der Waals surface area (Å²) in [6, 6.07) is -0.830. The molecule has 0 spiro atoms. The Labute approximate surface area is 139 Å². The van der Waals surface area contributed by atoms with Crippen molar-refractivity contribution in [3.8, 4) is 0 Å². The van der Waals surface area contributed by atoms with Crippen molar-refractivity contribution in [3.63, 3.8) is 0 Å². The molecule has 0 aromatic carbocycles. The second-order valence-electron chi connectivity index (χ2n) is 7.18. The molecule has 1 rings (SSSR count). The maximum absolute atomic E-state index is 12.9. The molecule has 3 amide bonds. The van der Waals surface area contributed by atoms with Crippen LogP contribution in [0, 0.1) is 11.8 Å². The minimum Gasteiger partial charge on any atom is -0.344 e. The zero-order valence-electron chi connectivity index (χ0n) is 15.2. The zero-order valence-corrected chi connectivity index (χ0v) is 15.2. The third kappa shape index (κ3) is 5.19. The molecule has 1 aliphatic heterocycles. The van der Waals surface area contributed by atoms with Gasteiger partial charge in [0.05, 0.1) is 6.04 Å². The van der Waals surface area contributed by atoms with Crippen molar-refractivity contribution in [3.05, 3.63) is 11.6 Å². The molecule has 5 nitrogen and oxygen atoms in total. The first-order valence-electron chi connectivity index (χ1n) is 8.51. The number of imide groups is 1. The average molecular weight is 322 g/mol. The first-order chi connectivity index (χ1) is 10.7. The van der Waals surface area contributed by atoms with Crippen LogP contribution >= 0.6 is 0 Å². The molecule has 0 aromatic rings. The van der Waals surface area contributed by atoms with E-state index < -0.39 is 6.04 Å². The lowest BCUT2D eigenvalue weighted by atomic mass is 9.97. The minimum absolute atomic E-state index is 0.166. The molecule has 1 heterocycles. The van der Waals surface area contributed by atoms with E-state index in [0.29, 0.717) is 18.8 Å². The van der Waals surface area contributed by atoms with Crippen LogP contribution < -0.4 is 5.32 Å². The van der Waals surface area contributed by atoms with Gasteiger partial charge in [-0.1, -0.05) is 34.6 Å². The highest BCUT2D eigenvalue weighted by molar-refractivity contribution is 6.06. The molecule has 0 fully saturated rings. The van der Waals surface area contributed by atoms with E-state index in [1.165, 1.54) is 4.90 Å². The number of hydrogen-bond donors (Lipinski definition) is 1. The summed E-state index contributed by atoms with van der Waals surface area (Å²) in [6.45, 7) is 11.8. The lowest BCUT2D eigenvalue weighted by Gasteiger charge is -2.30. The van der Waals surface area contributed by atoms with Crippen molar-refractivity contribution in [1.29, 1.82) is 0 Å². The van der Waals surface area contributed by atoms with Crippen LogP contribution in [-0.4, -0.2) is 34.7 Å². The molecular formula is C18H30N2O3. The fourth-order valence-electron chi connectivity index (χ4n) is 2.87. The Bertz CT molecular complexity index is 494. The Hall–Kier alpha value is -1.65. The summed E-state index contributed by atoms with van der Waals surface area (Å²) in [6.07, 6.45) is 3.14. The Morgan fingerprint density at radius 2 is 1.83 bits per heavy atom. The number of nitrogens with zero attached hydrogens (tertiary/aromatic N) is 1. The Morgan fingerprint density at radius 1 is 1.22 bits per heavy atom. The summed E-state index contributed by atoms with van der Waals surface area (Å²) in [5.41, 5.74) is 0.919.